The zero-order valence-corrected chi connectivity index (χ0v) is 12.2. The van der Waals surface area contributed by atoms with Crippen LogP contribution in [0.2, 0.25) is 10.0 Å². The van der Waals surface area contributed by atoms with Crippen LogP contribution in [0.1, 0.15) is 22.3 Å². The Hall–Kier alpha value is -2.40. The second-order valence-electron chi connectivity index (χ2n) is 4.26. The molecule has 0 N–H and O–H groups in total. The lowest BCUT2D eigenvalue weighted by Gasteiger charge is -2.15. The number of carbonyl (C=O) groups excluding carboxylic acids is 2. The van der Waals surface area contributed by atoms with Crippen LogP contribution in [0.4, 0.5) is 0 Å². The lowest BCUT2D eigenvalue weighted by Crippen LogP contribution is -2.10. The molecule has 0 fully saturated rings. The van der Waals surface area contributed by atoms with Gasteiger partial charge in [-0.15, -0.1) is 0 Å². The number of benzene rings is 1. The fourth-order valence-corrected chi connectivity index (χ4v) is 2.54. The molecule has 0 heterocycles. The monoisotopic (exact) mass is 316 g/mol. The molecule has 2 rings (SSSR count). The van der Waals surface area contributed by atoms with E-state index in [1.165, 1.54) is 0 Å². The lowest BCUT2D eigenvalue weighted by molar-refractivity contribution is -0.113. The van der Waals surface area contributed by atoms with Crippen LogP contribution in [0, 0.1) is 29.6 Å². The number of rotatable bonds is 1. The van der Waals surface area contributed by atoms with Gasteiger partial charge in [0, 0.05) is 11.1 Å². The van der Waals surface area contributed by atoms with Crippen LogP contribution in [-0.4, -0.2) is 11.6 Å². The van der Waals surface area contributed by atoms with E-state index in [0.29, 0.717) is 5.56 Å². The minimum atomic E-state index is -0.475. The molecule has 0 radical (unpaired) electrons. The fourth-order valence-electron chi connectivity index (χ4n) is 2.02. The molecule has 1 aromatic rings. The minimum absolute atomic E-state index is 0.0209. The van der Waals surface area contributed by atoms with Crippen LogP contribution in [0.3, 0.4) is 0 Å². The van der Waals surface area contributed by atoms with Gasteiger partial charge in [-0.05, 0) is 30.7 Å². The Labute approximate surface area is 130 Å². The van der Waals surface area contributed by atoms with Gasteiger partial charge in [-0.25, -0.2) is 0 Å². The van der Waals surface area contributed by atoms with Crippen molar-refractivity contribution in [3.05, 3.63) is 50.5 Å². The Balaban J connectivity index is 2.92. The smallest absolute Gasteiger partial charge is 0.186 e. The zero-order valence-electron chi connectivity index (χ0n) is 10.7. The Bertz CT molecular complexity index is 837. The van der Waals surface area contributed by atoms with Gasteiger partial charge < -0.3 is 0 Å². The largest absolute Gasteiger partial charge is 0.290 e. The molecule has 4 nitrogen and oxygen atoms in total. The van der Waals surface area contributed by atoms with Gasteiger partial charge in [0.15, 0.2) is 11.6 Å². The third-order valence-corrected chi connectivity index (χ3v) is 4.01. The minimum Gasteiger partial charge on any atom is -0.290 e. The summed E-state index contributed by atoms with van der Waals surface area (Å²) in [5, 5.41) is 18.6. The van der Waals surface area contributed by atoms with Crippen molar-refractivity contribution in [1.82, 2.24) is 0 Å². The zero-order chi connectivity index (χ0) is 15.7. The van der Waals surface area contributed by atoms with E-state index in [2.05, 4.69) is 0 Å². The Kier molecular flexibility index (Phi) is 3.95. The van der Waals surface area contributed by atoms with E-state index in [-0.39, 0.29) is 32.3 Å². The highest BCUT2D eigenvalue weighted by Crippen LogP contribution is 2.39. The summed E-state index contributed by atoms with van der Waals surface area (Å²) in [5.41, 5.74) is 0.316. The lowest BCUT2D eigenvalue weighted by atomic mass is 9.89. The van der Waals surface area contributed by atoms with Crippen molar-refractivity contribution in [1.29, 1.82) is 10.5 Å². The van der Waals surface area contributed by atoms with Gasteiger partial charge in [0.2, 0.25) is 0 Å². The number of allylic oxidation sites excluding steroid dienone is 4. The predicted molar refractivity (Wildman–Crippen MR) is 77.8 cm³/mol. The average molecular weight is 317 g/mol. The van der Waals surface area contributed by atoms with Gasteiger partial charge >= 0.3 is 0 Å². The average Bonchev–Trinajstić information content (AvgIpc) is 2.47. The Morgan fingerprint density at radius 2 is 1.62 bits per heavy atom. The van der Waals surface area contributed by atoms with Crippen LogP contribution in [-0.2, 0) is 9.59 Å². The first kappa shape index (κ1) is 15.0. The van der Waals surface area contributed by atoms with Crippen molar-refractivity contribution in [2.75, 3.05) is 0 Å². The summed E-state index contributed by atoms with van der Waals surface area (Å²) in [6.07, 6.45) is 3.29. The fraction of sp³-hybridized carbons (Fsp3) is 0.0667. The number of ketones is 2. The summed E-state index contributed by atoms with van der Waals surface area (Å²) in [6.45, 7) is 1.56. The molecule has 0 amide bonds. The van der Waals surface area contributed by atoms with Crippen LogP contribution in [0.5, 0.6) is 0 Å². The molecule has 0 unspecified atom stereocenters. The number of carbonyl (C=O) groups is 2. The molecular formula is C15H6Cl2N2O2. The maximum Gasteiger partial charge on any atom is 0.186 e. The first-order valence-corrected chi connectivity index (χ1v) is 6.48. The normalized spacial score (nSPS) is 13.7. The molecule has 102 valence electrons. The first-order chi connectivity index (χ1) is 9.92. The molecule has 0 atom stereocenters. The summed E-state index contributed by atoms with van der Waals surface area (Å²) in [5.74, 6) is -0.878. The molecule has 1 aliphatic rings. The van der Waals surface area contributed by atoms with E-state index >= 15 is 0 Å². The third-order valence-electron chi connectivity index (χ3n) is 3.06. The van der Waals surface area contributed by atoms with Gasteiger partial charge in [-0.2, -0.15) is 10.5 Å². The van der Waals surface area contributed by atoms with Gasteiger partial charge in [-0.3, -0.25) is 9.59 Å². The van der Waals surface area contributed by atoms with Gasteiger partial charge in [0.1, 0.15) is 12.1 Å². The van der Waals surface area contributed by atoms with E-state index < -0.39 is 11.6 Å². The van der Waals surface area contributed by atoms with Gasteiger partial charge in [0.25, 0.3) is 0 Å². The predicted octanol–water partition coefficient (Wildman–Crippen LogP) is 3.14. The standard InChI is InChI=1S/C15H6Cl2N2O2/c1-7-10(5-18)11(6-19)13(15(17)14(7)16)9-4-8(20)2-3-12(9)21/h2-4H,1H3. The van der Waals surface area contributed by atoms with Crippen molar-refractivity contribution in [3.63, 3.8) is 0 Å². The number of nitrogens with zero attached hydrogens (tertiary/aromatic N) is 2. The van der Waals surface area contributed by atoms with Crippen LogP contribution in [0.15, 0.2) is 18.2 Å². The van der Waals surface area contributed by atoms with Crippen molar-refractivity contribution in [2.24, 2.45) is 0 Å². The quantitative estimate of drug-likeness (QED) is 0.745. The van der Waals surface area contributed by atoms with Crippen molar-refractivity contribution in [2.45, 2.75) is 6.92 Å². The van der Waals surface area contributed by atoms with E-state index in [1.54, 1.807) is 6.92 Å². The number of hydrogen-bond donors (Lipinski definition) is 0. The molecular weight excluding hydrogens is 311 g/mol. The molecule has 0 aromatic heterocycles. The highest BCUT2D eigenvalue weighted by molar-refractivity contribution is 6.46. The molecule has 1 aromatic carbocycles. The number of hydrogen-bond acceptors (Lipinski definition) is 4. The molecule has 6 heteroatoms. The van der Waals surface area contributed by atoms with E-state index in [0.717, 1.165) is 18.2 Å². The highest BCUT2D eigenvalue weighted by atomic mass is 35.5. The highest BCUT2D eigenvalue weighted by Gasteiger charge is 2.26. The summed E-state index contributed by atoms with van der Waals surface area (Å²) >= 11 is 12.2. The molecule has 1 aliphatic carbocycles. The van der Waals surface area contributed by atoms with Crippen LogP contribution >= 0.6 is 23.2 Å². The second-order valence-corrected chi connectivity index (χ2v) is 5.02. The van der Waals surface area contributed by atoms with Crippen molar-refractivity contribution in [3.8, 4) is 12.1 Å². The summed E-state index contributed by atoms with van der Waals surface area (Å²) in [6, 6.07) is 3.74. The number of nitriles is 2. The first-order valence-electron chi connectivity index (χ1n) is 5.72. The van der Waals surface area contributed by atoms with Gasteiger partial charge in [-0.1, -0.05) is 23.2 Å². The van der Waals surface area contributed by atoms with Crippen LogP contribution < -0.4 is 0 Å². The van der Waals surface area contributed by atoms with Crippen molar-refractivity contribution < 1.29 is 9.59 Å². The molecule has 0 aliphatic heterocycles. The summed E-state index contributed by atoms with van der Waals surface area (Å²) < 4.78 is 0. The van der Waals surface area contributed by atoms with Crippen molar-refractivity contribution >= 4 is 40.3 Å². The summed E-state index contributed by atoms with van der Waals surface area (Å²) in [4.78, 5) is 23.4. The summed E-state index contributed by atoms with van der Waals surface area (Å²) in [7, 11) is 0. The Morgan fingerprint density at radius 3 is 2.19 bits per heavy atom. The Morgan fingerprint density at radius 1 is 1.00 bits per heavy atom. The maximum atomic E-state index is 12.0. The molecule has 21 heavy (non-hydrogen) atoms. The van der Waals surface area contributed by atoms with E-state index in [9.17, 15) is 20.1 Å². The molecule has 0 saturated carbocycles. The van der Waals surface area contributed by atoms with E-state index in [1.807, 2.05) is 12.1 Å². The SMILES string of the molecule is Cc1c(Cl)c(Cl)c(C2=CC(=O)C=CC2=O)c(C#N)c1C#N. The molecule has 0 saturated heterocycles. The third kappa shape index (κ3) is 2.36. The van der Waals surface area contributed by atoms with Crippen LogP contribution in [0.25, 0.3) is 5.57 Å². The topological polar surface area (TPSA) is 81.7 Å². The van der Waals surface area contributed by atoms with E-state index in [4.69, 9.17) is 23.2 Å². The molecule has 0 spiro atoms. The number of halogens is 2. The van der Waals surface area contributed by atoms with Gasteiger partial charge in [0.05, 0.1) is 21.2 Å². The maximum absolute atomic E-state index is 12.0. The molecule has 0 bridgehead atoms. The second kappa shape index (κ2) is 5.54.